The Balaban J connectivity index is 1.64. The molecule has 2 aromatic carbocycles. The summed E-state index contributed by atoms with van der Waals surface area (Å²) in [6.07, 6.45) is 3.12. The lowest BCUT2D eigenvalue weighted by molar-refractivity contribution is 0.0949. The van der Waals surface area contributed by atoms with Gasteiger partial charge in [-0.2, -0.15) is 0 Å². The second-order valence-electron chi connectivity index (χ2n) is 5.44. The molecule has 25 heavy (non-hydrogen) atoms. The zero-order valence-electron chi connectivity index (χ0n) is 13.5. The number of anilines is 1. The van der Waals surface area contributed by atoms with E-state index >= 15 is 0 Å². The minimum absolute atomic E-state index is 0.191. The summed E-state index contributed by atoms with van der Waals surface area (Å²) in [5.74, 6) is -0.437. The number of rotatable bonds is 5. The highest BCUT2D eigenvalue weighted by Gasteiger charge is 2.09. The molecule has 124 valence electrons. The van der Waals surface area contributed by atoms with Crippen LogP contribution in [0.15, 0.2) is 79.1 Å². The molecule has 2 N–H and O–H groups in total. The van der Waals surface area contributed by atoms with Crippen LogP contribution in [0.1, 0.15) is 26.3 Å². The number of hydrogen-bond donors (Lipinski definition) is 2. The van der Waals surface area contributed by atoms with Gasteiger partial charge in [-0.1, -0.05) is 36.4 Å². The van der Waals surface area contributed by atoms with Gasteiger partial charge < -0.3 is 10.6 Å². The van der Waals surface area contributed by atoms with Crippen LogP contribution in [-0.4, -0.2) is 16.8 Å². The molecule has 3 aromatic rings. The third-order valence-corrected chi connectivity index (χ3v) is 3.62. The quantitative estimate of drug-likeness (QED) is 0.754. The Bertz CT molecular complexity index is 864. The second-order valence-corrected chi connectivity index (χ2v) is 5.44. The van der Waals surface area contributed by atoms with E-state index in [2.05, 4.69) is 15.6 Å². The molecule has 1 aromatic heterocycles. The summed E-state index contributed by atoms with van der Waals surface area (Å²) in [5.41, 5.74) is 2.59. The Morgan fingerprint density at radius 1 is 0.800 bits per heavy atom. The molecule has 2 amide bonds. The number of hydrogen-bond acceptors (Lipinski definition) is 3. The van der Waals surface area contributed by atoms with E-state index in [1.165, 1.54) is 0 Å². The molecule has 3 rings (SSSR count). The lowest BCUT2D eigenvalue weighted by Gasteiger charge is -2.08. The van der Waals surface area contributed by atoms with Gasteiger partial charge >= 0.3 is 0 Å². The first-order valence-corrected chi connectivity index (χ1v) is 7.86. The number of carbonyl (C=O) groups is 2. The van der Waals surface area contributed by atoms with Crippen LogP contribution < -0.4 is 10.6 Å². The van der Waals surface area contributed by atoms with E-state index in [9.17, 15) is 9.59 Å². The molecule has 0 saturated heterocycles. The van der Waals surface area contributed by atoms with Crippen molar-refractivity contribution < 1.29 is 9.59 Å². The van der Waals surface area contributed by atoms with Crippen molar-refractivity contribution in [2.45, 2.75) is 6.54 Å². The molecule has 0 aliphatic rings. The minimum Gasteiger partial charge on any atom is -0.348 e. The molecule has 0 aliphatic carbocycles. The maximum atomic E-state index is 12.3. The molecule has 0 spiro atoms. The highest BCUT2D eigenvalue weighted by molar-refractivity contribution is 6.05. The van der Waals surface area contributed by atoms with Crippen molar-refractivity contribution in [3.05, 3.63) is 95.8 Å². The smallest absolute Gasteiger partial charge is 0.255 e. The lowest BCUT2D eigenvalue weighted by atomic mass is 10.1. The second kappa shape index (κ2) is 7.88. The van der Waals surface area contributed by atoms with Gasteiger partial charge in [-0.25, -0.2) is 0 Å². The number of nitrogens with zero attached hydrogens (tertiary/aromatic N) is 1. The van der Waals surface area contributed by atoms with E-state index in [0.29, 0.717) is 23.4 Å². The van der Waals surface area contributed by atoms with E-state index in [0.717, 1.165) is 5.56 Å². The molecular weight excluding hydrogens is 314 g/mol. The summed E-state index contributed by atoms with van der Waals surface area (Å²) < 4.78 is 0. The average Bonchev–Trinajstić information content (AvgIpc) is 2.68. The number of amides is 2. The van der Waals surface area contributed by atoms with Crippen LogP contribution >= 0.6 is 0 Å². The molecule has 0 atom stereocenters. The molecule has 5 nitrogen and oxygen atoms in total. The normalized spacial score (nSPS) is 10.1. The average molecular weight is 331 g/mol. The van der Waals surface area contributed by atoms with Gasteiger partial charge in [0.25, 0.3) is 11.8 Å². The number of carbonyl (C=O) groups excluding carboxylic acids is 2. The van der Waals surface area contributed by atoms with E-state index in [1.807, 2.05) is 30.3 Å². The predicted octanol–water partition coefficient (Wildman–Crippen LogP) is 3.26. The summed E-state index contributed by atoms with van der Waals surface area (Å²) in [4.78, 5) is 28.3. The molecule has 0 fully saturated rings. The van der Waals surface area contributed by atoms with Crippen LogP contribution in [-0.2, 0) is 6.54 Å². The lowest BCUT2D eigenvalue weighted by Crippen LogP contribution is -2.23. The van der Waals surface area contributed by atoms with Crippen LogP contribution in [0.25, 0.3) is 0 Å². The molecule has 0 unspecified atom stereocenters. The molecule has 0 saturated carbocycles. The Morgan fingerprint density at radius 3 is 2.32 bits per heavy atom. The maximum absolute atomic E-state index is 12.3. The largest absolute Gasteiger partial charge is 0.348 e. The first-order chi connectivity index (χ1) is 12.2. The van der Waals surface area contributed by atoms with Crippen molar-refractivity contribution in [3.8, 4) is 0 Å². The van der Waals surface area contributed by atoms with Crippen molar-refractivity contribution in [1.29, 1.82) is 0 Å². The van der Waals surface area contributed by atoms with E-state index in [1.54, 1.807) is 48.8 Å². The fourth-order valence-electron chi connectivity index (χ4n) is 2.33. The van der Waals surface area contributed by atoms with Crippen LogP contribution in [0.3, 0.4) is 0 Å². The zero-order chi connectivity index (χ0) is 17.5. The van der Waals surface area contributed by atoms with Gasteiger partial charge in [0.15, 0.2) is 0 Å². The molecule has 1 heterocycles. The van der Waals surface area contributed by atoms with Gasteiger partial charge in [0, 0.05) is 35.8 Å². The molecule has 0 aliphatic heterocycles. The third kappa shape index (κ3) is 4.51. The number of pyridine rings is 1. The number of aromatic nitrogens is 1. The van der Waals surface area contributed by atoms with Crippen LogP contribution in [0.5, 0.6) is 0 Å². The number of nitrogens with one attached hydrogen (secondary N) is 2. The topological polar surface area (TPSA) is 71.1 Å². The summed E-state index contributed by atoms with van der Waals surface area (Å²) in [6, 6.07) is 19.8. The highest BCUT2D eigenvalue weighted by atomic mass is 16.2. The van der Waals surface area contributed by atoms with Crippen molar-refractivity contribution in [3.63, 3.8) is 0 Å². The van der Waals surface area contributed by atoms with Gasteiger partial charge in [0.2, 0.25) is 0 Å². The first-order valence-electron chi connectivity index (χ1n) is 7.86. The molecule has 0 radical (unpaired) electrons. The van der Waals surface area contributed by atoms with E-state index in [-0.39, 0.29) is 11.8 Å². The van der Waals surface area contributed by atoms with E-state index < -0.39 is 0 Å². The Morgan fingerprint density at radius 2 is 1.56 bits per heavy atom. The molecular formula is C20H17N3O2. The summed E-state index contributed by atoms with van der Waals surface area (Å²) >= 11 is 0. The van der Waals surface area contributed by atoms with Gasteiger partial charge in [-0.15, -0.1) is 0 Å². The standard InChI is InChI=1S/C20H17N3O2/c24-19(22-14-15-5-2-1-3-6-15)17-7-4-8-18(13-17)23-20(25)16-9-11-21-12-10-16/h1-13H,14H2,(H,22,24)(H,23,25). The molecule has 0 bridgehead atoms. The summed E-state index contributed by atoms with van der Waals surface area (Å²) in [6.45, 7) is 0.452. The first kappa shape index (κ1) is 16.4. The van der Waals surface area contributed by atoms with Crippen molar-refractivity contribution >= 4 is 17.5 Å². The third-order valence-electron chi connectivity index (χ3n) is 3.62. The van der Waals surface area contributed by atoms with E-state index in [4.69, 9.17) is 0 Å². The van der Waals surface area contributed by atoms with Crippen LogP contribution in [0.4, 0.5) is 5.69 Å². The summed E-state index contributed by atoms with van der Waals surface area (Å²) in [7, 11) is 0. The zero-order valence-corrected chi connectivity index (χ0v) is 13.5. The van der Waals surface area contributed by atoms with Crippen molar-refractivity contribution in [1.82, 2.24) is 10.3 Å². The van der Waals surface area contributed by atoms with Crippen LogP contribution in [0.2, 0.25) is 0 Å². The summed E-state index contributed by atoms with van der Waals surface area (Å²) in [5, 5.41) is 5.65. The molecule has 5 heteroatoms. The van der Waals surface area contributed by atoms with Gasteiger partial charge in [-0.05, 0) is 35.9 Å². The van der Waals surface area contributed by atoms with Crippen molar-refractivity contribution in [2.75, 3.05) is 5.32 Å². The highest BCUT2D eigenvalue weighted by Crippen LogP contribution is 2.12. The SMILES string of the molecule is O=C(NCc1ccccc1)c1cccc(NC(=O)c2ccncc2)c1. The maximum Gasteiger partial charge on any atom is 0.255 e. The van der Waals surface area contributed by atoms with Gasteiger partial charge in [-0.3, -0.25) is 14.6 Å². The minimum atomic E-state index is -0.246. The Kier molecular flexibility index (Phi) is 5.16. The predicted molar refractivity (Wildman–Crippen MR) is 96.2 cm³/mol. The fraction of sp³-hybridized carbons (Fsp3) is 0.0500. The van der Waals surface area contributed by atoms with Gasteiger partial charge in [0.1, 0.15) is 0 Å². The monoisotopic (exact) mass is 331 g/mol. The number of benzene rings is 2. The fourth-order valence-corrected chi connectivity index (χ4v) is 2.33. The Hall–Kier alpha value is -3.47. The van der Waals surface area contributed by atoms with Crippen molar-refractivity contribution in [2.24, 2.45) is 0 Å². The Labute approximate surface area is 145 Å². The van der Waals surface area contributed by atoms with Crippen LogP contribution in [0, 0.1) is 0 Å². The van der Waals surface area contributed by atoms with Gasteiger partial charge in [0.05, 0.1) is 0 Å².